The maximum Gasteiger partial charge on any atom is 0.460 e. The number of carbonyl (C=O) groups excluding carboxylic acids is 1. The predicted molar refractivity (Wildman–Crippen MR) is 72.1 cm³/mol. The number of nitrogens with one attached hydrogen (secondary N) is 1. The molecule has 0 bridgehead atoms. The van der Waals surface area contributed by atoms with E-state index >= 15 is 0 Å². The fourth-order valence-electron chi connectivity index (χ4n) is 2.92. The highest BCUT2D eigenvalue weighted by Gasteiger charge is 2.93. The molecular weight excluding hydrogens is 497 g/mol. The molecule has 0 aliphatic carbocycles. The SMILES string of the molecule is O=C1NC(C(F)(F)C(F)(F)C(F)(F)C(F)(F)C(F)(F)C(F)(F)C(F)(F)F)C=C2CCCN12. The minimum atomic E-state index is -8.35. The van der Waals surface area contributed by atoms with Crippen molar-refractivity contribution in [2.75, 3.05) is 6.54 Å². The van der Waals surface area contributed by atoms with Crippen molar-refractivity contribution < 1.29 is 70.7 Å². The molecule has 186 valence electrons. The summed E-state index contributed by atoms with van der Waals surface area (Å²) < 4.78 is 199. The lowest BCUT2D eigenvalue weighted by Gasteiger charge is -2.43. The molecule has 32 heavy (non-hydrogen) atoms. The third-order valence-corrected chi connectivity index (χ3v) is 4.79. The molecule has 1 atom stereocenters. The van der Waals surface area contributed by atoms with Gasteiger partial charge in [-0.1, -0.05) is 0 Å². The molecule has 1 N–H and O–H groups in total. The molecule has 1 saturated heterocycles. The maximum atomic E-state index is 14.2. The van der Waals surface area contributed by atoms with Gasteiger partial charge < -0.3 is 5.32 Å². The molecule has 2 rings (SSSR count). The molecule has 0 aromatic rings. The highest BCUT2D eigenvalue weighted by molar-refractivity contribution is 5.79. The number of alkyl halides is 15. The lowest BCUT2D eigenvalue weighted by atomic mass is 9.88. The molecule has 0 saturated carbocycles. The summed E-state index contributed by atoms with van der Waals surface area (Å²) in [4.78, 5) is 12.3. The second-order valence-corrected chi connectivity index (χ2v) is 6.83. The number of fused-ring (bicyclic) bond motifs is 1. The Bertz CT molecular complexity index is 800. The van der Waals surface area contributed by atoms with Crippen molar-refractivity contribution in [3.05, 3.63) is 11.8 Å². The number of amides is 2. The van der Waals surface area contributed by atoms with E-state index in [0.29, 0.717) is 4.90 Å². The Hall–Kier alpha value is -2.04. The molecule has 3 nitrogen and oxygen atoms in total. The van der Waals surface area contributed by atoms with Crippen LogP contribution in [0.4, 0.5) is 70.7 Å². The highest BCUT2D eigenvalue weighted by atomic mass is 19.4. The van der Waals surface area contributed by atoms with Crippen LogP contribution in [0.15, 0.2) is 11.8 Å². The summed E-state index contributed by atoms with van der Waals surface area (Å²) >= 11 is 0. The summed E-state index contributed by atoms with van der Waals surface area (Å²) in [5.41, 5.74) is -0.446. The van der Waals surface area contributed by atoms with E-state index in [4.69, 9.17) is 0 Å². The van der Waals surface area contributed by atoms with Gasteiger partial charge in [0.1, 0.15) is 6.04 Å². The third-order valence-electron chi connectivity index (χ3n) is 4.79. The minimum Gasteiger partial charge on any atom is -0.325 e. The van der Waals surface area contributed by atoms with Gasteiger partial charge in [-0.05, 0) is 18.9 Å². The second kappa shape index (κ2) is 6.98. The van der Waals surface area contributed by atoms with Gasteiger partial charge in [-0.2, -0.15) is 65.9 Å². The van der Waals surface area contributed by atoms with E-state index in [9.17, 15) is 70.7 Å². The molecule has 2 aliphatic rings. The van der Waals surface area contributed by atoms with Crippen LogP contribution in [-0.4, -0.2) is 65.2 Å². The quantitative estimate of drug-likeness (QED) is 0.479. The largest absolute Gasteiger partial charge is 0.460 e. The first kappa shape index (κ1) is 26.2. The first-order valence-corrected chi connectivity index (χ1v) is 8.11. The van der Waals surface area contributed by atoms with Crippen LogP contribution >= 0.6 is 0 Å². The number of carbonyl (C=O) groups is 1. The van der Waals surface area contributed by atoms with Crippen LogP contribution in [0.5, 0.6) is 0 Å². The summed E-state index contributed by atoms with van der Waals surface area (Å²) in [6.07, 6.45) is -7.78. The van der Waals surface area contributed by atoms with E-state index in [2.05, 4.69) is 0 Å². The van der Waals surface area contributed by atoms with E-state index in [0.717, 1.165) is 5.32 Å². The summed E-state index contributed by atoms with van der Waals surface area (Å²) in [7, 11) is 0. The van der Waals surface area contributed by atoms with Crippen LogP contribution in [0.3, 0.4) is 0 Å². The van der Waals surface area contributed by atoms with Crippen molar-refractivity contribution >= 4 is 6.03 Å². The molecule has 0 radical (unpaired) electrons. The van der Waals surface area contributed by atoms with Gasteiger partial charge in [0.15, 0.2) is 0 Å². The molecule has 18 heteroatoms. The van der Waals surface area contributed by atoms with E-state index in [-0.39, 0.29) is 25.5 Å². The van der Waals surface area contributed by atoms with E-state index < -0.39 is 59.5 Å². The van der Waals surface area contributed by atoms with Gasteiger partial charge in [0, 0.05) is 12.2 Å². The zero-order valence-corrected chi connectivity index (χ0v) is 14.8. The number of allylic oxidation sites excluding steroid dienone is 1. The molecule has 2 amide bonds. The minimum absolute atomic E-state index is 0.0268. The Labute approximate surface area is 167 Å². The average Bonchev–Trinajstić information content (AvgIpc) is 3.09. The molecule has 1 unspecified atom stereocenters. The van der Waals surface area contributed by atoms with Crippen LogP contribution in [-0.2, 0) is 0 Å². The van der Waals surface area contributed by atoms with Crippen LogP contribution in [0.1, 0.15) is 12.8 Å². The van der Waals surface area contributed by atoms with Gasteiger partial charge in [0.25, 0.3) is 0 Å². The molecule has 2 heterocycles. The third kappa shape index (κ3) is 3.18. The number of hydrogen-bond donors (Lipinski definition) is 1. The molecule has 2 aliphatic heterocycles. The topological polar surface area (TPSA) is 32.3 Å². The van der Waals surface area contributed by atoms with Crippen molar-refractivity contribution in [2.45, 2.75) is 60.6 Å². The molecule has 0 aromatic heterocycles. The fraction of sp³-hybridized carbons (Fsp3) is 0.786. The van der Waals surface area contributed by atoms with Crippen molar-refractivity contribution in [1.82, 2.24) is 10.2 Å². The number of hydrogen-bond acceptors (Lipinski definition) is 1. The van der Waals surface area contributed by atoms with Gasteiger partial charge in [-0.15, -0.1) is 0 Å². The summed E-state index contributed by atoms with van der Waals surface area (Å²) in [5.74, 6) is -47.1. The fourth-order valence-corrected chi connectivity index (χ4v) is 2.92. The first-order chi connectivity index (χ1) is 14.0. The Balaban J connectivity index is 2.55. The van der Waals surface area contributed by atoms with Gasteiger partial charge >= 0.3 is 47.7 Å². The Morgan fingerprint density at radius 2 is 1.16 bits per heavy atom. The van der Waals surface area contributed by atoms with Gasteiger partial charge in [-0.3, -0.25) is 4.90 Å². The van der Waals surface area contributed by atoms with Crippen molar-refractivity contribution in [1.29, 1.82) is 0 Å². The molecule has 1 fully saturated rings. The Kier molecular flexibility index (Phi) is 5.72. The summed E-state index contributed by atoms with van der Waals surface area (Å²) in [5, 5.41) is 1.04. The maximum absolute atomic E-state index is 14.2. The van der Waals surface area contributed by atoms with Gasteiger partial charge in [0.2, 0.25) is 0 Å². The predicted octanol–water partition coefficient (Wildman–Crippen LogP) is 5.43. The zero-order valence-electron chi connectivity index (χ0n) is 14.8. The van der Waals surface area contributed by atoms with Gasteiger partial charge in [0.05, 0.1) is 0 Å². The Morgan fingerprint density at radius 1 is 0.719 bits per heavy atom. The normalized spacial score (nSPS) is 22.0. The van der Waals surface area contributed by atoms with Crippen LogP contribution in [0.2, 0.25) is 0 Å². The van der Waals surface area contributed by atoms with Crippen molar-refractivity contribution in [2.24, 2.45) is 0 Å². The van der Waals surface area contributed by atoms with E-state index in [1.807, 2.05) is 0 Å². The van der Waals surface area contributed by atoms with Crippen LogP contribution < -0.4 is 5.32 Å². The van der Waals surface area contributed by atoms with Crippen LogP contribution in [0.25, 0.3) is 0 Å². The summed E-state index contributed by atoms with van der Waals surface area (Å²) in [6.45, 7) is -0.140. The number of rotatable bonds is 6. The van der Waals surface area contributed by atoms with Crippen molar-refractivity contribution in [3.63, 3.8) is 0 Å². The standard InChI is InChI=1S/C14H9F15N2O/c15-8(16,6-4-5-2-1-3-31(5)7(32)30-6)9(17,18)10(19,20)11(21,22)12(23,24)13(25,26)14(27,28)29/h4,6H,1-3H2,(H,30,32). The lowest BCUT2D eigenvalue weighted by Crippen LogP contribution is -2.74. The molecule has 0 aromatic carbocycles. The van der Waals surface area contributed by atoms with E-state index in [1.165, 1.54) is 0 Å². The molecular formula is C14H9F15N2O. The van der Waals surface area contributed by atoms with Crippen LogP contribution in [0, 0.1) is 0 Å². The number of nitrogens with zero attached hydrogens (tertiary/aromatic N) is 1. The Morgan fingerprint density at radius 3 is 1.62 bits per heavy atom. The molecule has 0 spiro atoms. The second-order valence-electron chi connectivity index (χ2n) is 6.83. The average molecular weight is 506 g/mol. The smallest absolute Gasteiger partial charge is 0.325 e. The number of urea groups is 1. The highest BCUT2D eigenvalue weighted by Crippen LogP contribution is 2.62. The lowest BCUT2D eigenvalue weighted by molar-refractivity contribution is -0.452. The summed E-state index contributed by atoms with van der Waals surface area (Å²) in [6, 6.07) is -5.10. The number of halogens is 15. The first-order valence-electron chi connectivity index (χ1n) is 8.11. The van der Waals surface area contributed by atoms with Gasteiger partial charge in [-0.25, -0.2) is 4.79 Å². The van der Waals surface area contributed by atoms with E-state index in [1.54, 1.807) is 0 Å². The zero-order chi connectivity index (χ0) is 25.3. The monoisotopic (exact) mass is 506 g/mol. The van der Waals surface area contributed by atoms with Crippen molar-refractivity contribution in [3.8, 4) is 0 Å².